The van der Waals surface area contributed by atoms with Crippen molar-refractivity contribution in [3.63, 3.8) is 0 Å². The molecule has 0 fully saturated rings. The van der Waals surface area contributed by atoms with Crippen molar-refractivity contribution in [2.75, 3.05) is 0 Å². The van der Waals surface area contributed by atoms with Crippen molar-refractivity contribution in [3.8, 4) is 17.1 Å². The minimum atomic E-state index is -4.59. The van der Waals surface area contributed by atoms with Crippen LogP contribution in [0.15, 0.2) is 91.1 Å². The first-order valence-corrected chi connectivity index (χ1v) is 11.1. The third kappa shape index (κ3) is 4.57. The first-order valence-electron chi connectivity index (χ1n) is 11.1. The summed E-state index contributed by atoms with van der Waals surface area (Å²) in [6.45, 7) is 1.87. The molecule has 1 aromatic carbocycles. The highest BCUT2D eigenvalue weighted by molar-refractivity contribution is 5.60. The molecule has 5 rings (SSSR count). The SMILES string of the molecule is CC(c1ccccc1)(c1cccc(-c2ccc(F)nc2F)n1)c1cccc(-n2ccc(C(F)(F)F)n2)n1. The topological polar surface area (TPSA) is 56.5 Å². The molecule has 5 aromatic rings. The number of rotatable bonds is 5. The molecule has 0 aliphatic heterocycles. The number of aromatic nitrogens is 5. The zero-order valence-corrected chi connectivity index (χ0v) is 19.3. The van der Waals surface area contributed by atoms with Crippen LogP contribution in [0.3, 0.4) is 0 Å². The molecule has 0 spiro atoms. The number of hydrogen-bond acceptors (Lipinski definition) is 4. The average molecular weight is 507 g/mol. The van der Waals surface area contributed by atoms with Gasteiger partial charge in [-0.1, -0.05) is 42.5 Å². The van der Waals surface area contributed by atoms with E-state index < -0.39 is 29.2 Å². The largest absolute Gasteiger partial charge is 0.435 e. The zero-order chi connectivity index (χ0) is 26.2. The zero-order valence-electron chi connectivity index (χ0n) is 19.3. The molecule has 4 heterocycles. The monoisotopic (exact) mass is 507 g/mol. The Morgan fingerprint density at radius 3 is 2.05 bits per heavy atom. The van der Waals surface area contributed by atoms with Gasteiger partial charge in [0.15, 0.2) is 11.5 Å². The Bertz CT molecular complexity index is 1570. The molecule has 0 aliphatic rings. The van der Waals surface area contributed by atoms with Gasteiger partial charge in [0.25, 0.3) is 0 Å². The van der Waals surface area contributed by atoms with Gasteiger partial charge in [0.1, 0.15) is 0 Å². The Morgan fingerprint density at radius 2 is 1.38 bits per heavy atom. The normalized spacial score (nSPS) is 13.4. The van der Waals surface area contributed by atoms with Crippen LogP contribution in [0.25, 0.3) is 17.1 Å². The number of halogens is 5. The molecule has 0 radical (unpaired) electrons. The molecular formula is C27H18F5N5. The van der Waals surface area contributed by atoms with Crippen LogP contribution in [0.4, 0.5) is 22.0 Å². The summed E-state index contributed by atoms with van der Waals surface area (Å²) in [7, 11) is 0. The predicted octanol–water partition coefficient (Wildman–Crippen LogP) is 6.38. The molecule has 0 saturated carbocycles. The van der Waals surface area contributed by atoms with Gasteiger partial charge in [-0.15, -0.1) is 0 Å². The van der Waals surface area contributed by atoms with E-state index in [0.717, 1.165) is 22.4 Å². The smallest absolute Gasteiger partial charge is 0.251 e. The molecule has 0 saturated heterocycles. The molecule has 4 aromatic heterocycles. The second kappa shape index (κ2) is 9.20. The Labute approximate surface area is 208 Å². The van der Waals surface area contributed by atoms with E-state index in [1.54, 1.807) is 36.4 Å². The summed E-state index contributed by atoms with van der Waals surface area (Å²) >= 11 is 0. The highest BCUT2D eigenvalue weighted by atomic mass is 19.4. The van der Waals surface area contributed by atoms with Gasteiger partial charge in [-0.25, -0.2) is 9.67 Å². The lowest BCUT2D eigenvalue weighted by atomic mass is 9.76. The van der Waals surface area contributed by atoms with Crippen molar-refractivity contribution in [2.24, 2.45) is 0 Å². The van der Waals surface area contributed by atoms with Crippen LogP contribution in [0.2, 0.25) is 0 Å². The third-order valence-corrected chi connectivity index (χ3v) is 6.06. The summed E-state index contributed by atoms with van der Waals surface area (Å²) in [6, 6.07) is 22.4. The molecule has 0 aliphatic carbocycles. The van der Waals surface area contributed by atoms with E-state index in [2.05, 4.69) is 20.1 Å². The quantitative estimate of drug-likeness (QED) is 0.205. The van der Waals surface area contributed by atoms with Crippen LogP contribution in [-0.2, 0) is 11.6 Å². The molecule has 10 heteroatoms. The van der Waals surface area contributed by atoms with Crippen molar-refractivity contribution in [1.29, 1.82) is 0 Å². The van der Waals surface area contributed by atoms with Gasteiger partial charge in [-0.3, -0.25) is 4.98 Å². The van der Waals surface area contributed by atoms with E-state index in [4.69, 9.17) is 0 Å². The van der Waals surface area contributed by atoms with Crippen LogP contribution in [-0.4, -0.2) is 24.7 Å². The van der Waals surface area contributed by atoms with Crippen LogP contribution in [0.5, 0.6) is 0 Å². The van der Waals surface area contributed by atoms with Crippen molar-refractivity contribution in [1.82, 2.24) is 24.7 Å². The maximum absolute atomic E-state index is 14.4. The average Bonchev–Trinajstić information content (AvgIpc) is 3.40. The molecule has 186 valence electrons. The highest BCUT2D eigenvalue weighted by Crippen LogP contribution is 2.38. The second-order valence-corrected chi connectivity index (χ2v) is 8.40. The van der Waals surface area contributed by atoms with Gasteiger partial charge in [0.05, 0.1) is 28.1 Å². The molecular weight excluding hydrogens is 489 g/mol. The van der Waals surface area contributed by atoms with E-state index >= 15 is 0 Å². The van der Waals surface area contributed by atoms with Crippen molar-refractivity contribution < 1.29 is 22.0 Å². The summed E-state index contributed by atoms with van der Waals surface area (Å²) in [5.41, 5.74) is -0.0202. The van der Waals surface area contributed by atoms with Gasteiger partial charge < -0.3 is 0 Å². The number of nitrogens with zero attached hydrogens (tertiary/aromatic N) is 5. The third-order valence-electron chi connectivity index (χ3n) is 6.06. The van der Waals surface area contributed by atoms with Gasteiger partial charge in [-0.2, -0.15) is 32.0 Å². The molecule has 0 amide bonds. The maximum Gasteiger partial charge on any atom is 0.435 e. The van der Waals surface area contributed by atoms with E-state index in [9.17, 15) is 22.0 Å². The van der Waals surface area contributed by atoms with Gasteiger partial charge in [0.2, 0.25) is 11.9 Å². The summed E-state index contributed by atoms with van der Waals surface area (Å²) in [5.74, 6) is -1.76. The molecule has 1 atom stereocenters. The molecule has 0 bridgehead atoms. The first-order chi connectivity index (χ1) is 17.7. The van der Waals surface area contributed by atoms with Crippen LogP contribution >= 0.6 is 0 Å². The lowest BCUT2D eigenvalue weighted by Crippen LogP contribution is -2.28. The Kier molecular flexibility index (Phi) is 6.02. The standard InChI is InChI=1S/C27H18F5N5/c1-26(17-7-3-2-4-8-17,20-10-5-9-19(33-20)18-13-14-23(28)35-25(18)29)21-11-6-12-24(34-21)37-16-15-22(36-37)27(30,31)32/h2-16H,1H3. The number of hydrogen-bond donors (Lipinski definition) is 0. The Hall–Kier alpha value is -4.47. The van der Waals surface area contributed by atoms with E-state index in [0.29, 0.717) is 11.4 Å². The summed E-state index contributed by atoms with van der Waals surface area (Å²) in [6.07, 6.45) is -3.39. The molecule has 1 unspecified atom stereocenters. The van der Waals surface area contributed by atoms with Crippen LogP contribution in [0.1, 0.15) is 29.6 Å². The van der Waals surface area contributed by atoms with Gasteiger partial charge in [0, 0.05) is 6.20 Å². The van der Waals surface area contributed by atoms with Gasteiger partial charge in [-0.05, 0) is 55.0 Å². The van der Waals surface area contributed by atoms with Crippen LogP contribution < -0.4 is 0 Å². The summed E-state index contributed by atoms with van der Waals surface area (Å²) < 4.78 is 68.2. The van der Waals surface area contributed by atoms with E-state index in [1.807, 2.05) is 37.3 Å². The molecule has 0 N–H and O–H groups in total. The number of pyridine rings is 3. The van der Waals surface area contributed by atoms with Gasteiger partial charge >= 0.3 is 6.18 Å². The number of alkyl halides is 3. The molecule has 5 nitrogen and oxygen atoms in total. The van der Waals surface area contributed by atoms with Crippen LogP contribution in [0, 0.1) is 11.9 Å². The summed E-state index contributed by atoms with van der Waals surface area (Å²) in [4.78, 5) is 12.6. The predicted molar refractivity (Wildman–Crippen MR) is 126 cm³/mol. The number of benzene rings is 1. The lowest BCUT2D eigenvalue weighted by molar-refractivity contribution is -0.141. The second-order valence-electron chi connectivity index (χ2n) is 8.40. The fraction of sp³-hybridized carbons (Fsp3) is 0.111. The van der Waals surface area contributed by atoms with Crippen molar-refractivity contribution >= 4 is 0 Å². The minimum absolute atomic E-state index is 0.0246. The Morgan fingerprint density at radius 1 is 0.676 bits per heavy atom. The Balaban J connectivity index is 1.66. The van der Waals surface area contributed by atoms with E-state index in [1.165, 1.54) is 12.3 Å². The van der Waals surface area contributed by atoms with Crippen molar-refractivity contribution in [3.05, 3.63) is 126 Å². The lowest BCUT2D eigenvalue weighted by Gasteiger charge is -2.30. The first kappa shape index (κ1) is 24.2. The maximum atomic E-state index is 14.4. The highest BCUT2D eigenvalue weighted by Gasteiger charge is 2.36. The fourth-order valence-electron chi connectivity index (χ4n) is 4.10. The molecule has 37 heavy (non-hydrogen) atoms. The van der Waals surface area contributed by atoms with E-state index in [-0.39, 0.29) is 17.1 Å². The minimum Gasteiger partial charge on any atom is -0.251 e. The fourth-order valence-corrected chi connectivity index (χ4v) is 4.10. The van der Waals surface area contributed by atoms with Crippen molar-refractivity contribution in [2.45, 2.75) is 18.5 Å². The summed E-state index contributed by atoms with van der Waals surface area (Å²) in [5, 5.41) is 3.63.